The largest absolute Gasteiger partial charge is 0.394 e. The molecule has 0 aromatic carbocycles. The number of aliphatic hydroxyl groups excluding tert-OH is 2. The lowest BCUT2D eigenvalue weighted by Gasteiger charge is -2.15. The summed E-state index contributed by atoms with van der Waals surface area (Å²) in [6, 6.07) is -0.720. The third-order valence-corrected chi connectivity index (χ3v) is 2.56. The summed E-state index contributed by atoms with van der Waals surface area (Å²) in [7, 11) is 0. The first-order valence-electron chi connectivity index (χ1n) is 6.28. The summed E-state index contributed by atoms with van der Waals surface area (Å²) in [6.45, 7) is 3.38. The number of nitro groups is 1. The maximum atomic E-state index is 11.1. The topological polar surface area (TPSA) is 133 Å². The number of aryl methyl sites for hydroxylation is 1. The fourth-order valence-electron chi connectivity index (χ4n) is 1.54. The molecular weight excluding hydrogens is 266 g/mol. The monoisotopic (exact) mass is 285 g/mol. The first-order chi connectivity index (χ1) is 9.53. The number of hydrogen-bond acceptors (Lipinski definition) is 8. The summed E-state index contributed by atoms with van der Waals surface area (Å²) in [5.74, 6) is 0.251. The second-order valence-electron chi connectivity index (χ2n) is 4.22. The molecule has 9 heteroatoms. The van der Waals surface area contributed by atoms with Crippen LogP contribution in [0.15, 0.2) is 0 Å². The van der Waals surface area contributed by atoms with Gasteiger partial charge in [0.15, 0.2) is 0 Å². The molecule has 0 aliphatic rings. The van der Waals surface area contributed by atoms with Crippen LogP contribution in [0, 0.1) is 17.0 Å². The third-order valence-electron chi connectivity index (χ3n) is 2.56. The highest BCUT2D eigenvalue weighted by Gasteiger charge is 2.23. The lowest BCUT2D eigenvalue weighted by molar-refractivity contribution is -0.385. The molecule has 20 heavy (non-hydrogen) atoms. The van der Waals surface area contributed by atoms with Crippen molar-refractivity contribution in [2.24, 2.45) is 0 Å². The van der Waals surface area contributed by atoms with Crippen molar-refractivity contribution in [2.75, 3.05) is 30.4 Å². The number of nitrogens with zero attached hydrogens (tertiary/aromatic N) is 3. The standard InChI is InChI=1S/C11H19N5O4/c1-3-4-12-11-13-7(2)9(16(19)20)10(15-11)14-8(5-17)6-18/h8,17-18H,3-6H2,1-2H3,(H2,12,13,14,15). The van der Waals surface area contributed by atoms with Crippen molar-refractivity contribution in [3.05, 3.63) is 15.8 Å². The lowest BCUT2D eigenvalue weighted by Crippen LogP contribution is -2.29. The molecule has 1 aromatic rings. The second kappa shape index (κ2) is 7.56. The maximum Gasteiger partial charge on any atom is 0.332 e. The zero-order valence-corrected chi connectivity index (χ0v) is 11.5. The molecule has 0 aliphatic heterocycles. The Hall–Kier alpha value is -2.00. The number of hydrogen-bond donors (Lipinski definition) is 4. The number of aromatic nitrogens is 2. The van der Waals surface area contributed by atoms with Gasteiger partial charge in [-0.25, -0.2) is 4.98 Å². The quantitative estimate of drug-likeness (QED) is 0.395. The van der Waals surface area contributed by atoms with E-state index in [1.165, 1.54) is 6.92 Å². The minimum absolute atomic E-state index is 0.0193. The highest BCUT2D eigenvalue weighted by atomic mass is 16.6. The van der Waals surface area contributed by atoms with Crippen molar-refractivity contribution >= 4 is 17.5 Å². The zero-order chi connectivity index (χ0) is 15.1. The fraction of sp³-hybridized carbons (Fsp3) is 0.636. The van der Waals surface area contributed by atoms with Gasteiger partial charge in [-0.1, -0.05) is 6.92 Å². The highest BCUT2D eigenvalue weighted by Crippen LogP contribution is 2.27. The van der Waals surface area contributed by atoms with Crippen LogP contribution in [0.4, 0.5) is 17.5 Å². The average Bonchev–Trinajstić information content (AvgIpc) is 2.41. The highest BCUT2D eigenvalue weighted by molar-refractivity contribution is 5.61. The van der Waals surface area contributed by atoms with Crippen molar-refractivity contribution in [2.45, 2.75) is 26.3 Å². The molecule has 4 N–H and O–H groups in total. The van der Waals surface area contributed by atoms with Crippen LogP contribution in [0.25, 0.3) is 0 Å². The predicted molar refractivity (Wildman–Crippen MR) is 73.8 cm³/mol. The van der Waals surface area contributed by atoms with E-state index >= 15 is 0 Å². The van der Waals surface area contributed by atoms with E-state index in [0.717, 1.165) is 6.42 Å². The van der Waals surface area contributed by atoms with Crippen LogP contribution in [0.5, 0.6) is 0 Å². The van der Waals surface area contributed by atoms with Crippen molar-refractivity contribution in [3.63, 3.8) is 0 Å². The Morgan fingerprint density at radius 2 is 2.00 bits per heavy atom. The Morgan fingerprint density at radius 1 is 1.35 bits per heavy atom. The summed E-state index contributed by atoms with van der Waals surface area (Å²) >= 11 is 0. The van der Waals surface area contributed by atoms with E-state index in [9.17, 15) is 10.1 Å². The van der Waals surface area contributed by atoms with Crippen molar-refractivity contribution in [3.8, 4) is 0 Å². The Labute approximate surface area is 116 Å². The molecule has 112 valence electrons. The molecule has 9 nitrogen and oxygen atoms in total. The normalized spacial score (nSPS) is 10.7. The molecule has 1 aromatic heterocycles. The molecule has 0 amide bonds. The van der Waals surface area contributed by atoms with Gasteiger partial charge in [-0.15, -0.1) is 0 Å². The molecule has 0 spiro atoms. The van der Waals surface area contributed by atoms with E-state index in [-0.39, 0.29) is 36.4 Å². The van der Waals surface area contributed by atoms with Gasteiger partial charge in [-0.05, 0) is 13.3 Å². The van der Waals surface area contributed by atoms with Gasteiger partial charge in [0.1, 0.15) is 5.69 Å². The molecule has 0 unspecified atom stereocenters. The summed E-state index contributed by atoms with van der Waals surface area (Å²) in [5, 5.41) is 34.8. The van der Waals surface area contributed by atoms with Gasteiger partial charge in [-0.2, -0.15) is 4.98 Å². The van der Waals surface area contributed by atoms with E-state index in [2.05, 4.69) is 20.6 Å². The van der Waals surface area contributed by atoms with Crippen LogP contribution in [0.2, 0.25) is 0 Å². The first kappa shape index (κ1) is 16.1. The van der Waals surface area contributed by atoms with Gasteiger partial charge >= 0.3 is 5.69 Å². The molecule has 0 saturated heterocycles. The maximum absolute atomic E-state index is 11.1. The zero-order valence-electron chi connectivity index (χ0n) is 11.5. The lowest BCUT2D eigenvalue weighted by atomic mass is 10.3. The molecule has 1 heterocycles. The number of aliphatic hydroxyl groups is 2. The number of rotatable bonds is 8. The van der Waals surface area contributed by atoms with Gasteiger partial charge in [0.25, 0.3) is 0 Å². The Balaban J connectivity index is 3.14. The Kier molecular flexibility index (Phi) is 6.07. The minimum Gasteiger partial charge on any atom is -0.394 e. The fourth-order valence-corrected chi connectivity index (χ4v) is 1.54. The number of anilines is 2. The Bertz CT molecular complexity index is 464. The number of nitrogens with one attached hydrogen (secondary N) is 2. The Morgan fingerprint density at radius 3 is 2.50 bits per heavy atom. The third kappa shape index (κ3) is 4.00. The van der Waals surface area contributed by atoms with Gasteiger partial charge in [0.2, 0.25) is 11.8 Å². The average molecular weight is 285 g/mol. The van der Waals surface area contributed by atoms with Crippen molar-refractivity contribution < 1.29 is 15.1 Å². The van der Waals surface area contributed by atoms with E-state index in [1.54, 1.807) is 0 Å². The van der Waals surface area contributed by atoms with Gasteiger partial charge in [-0.3, -0.25) is 10.1 Å². The van der Waals surface area contributed by atoms with Crippen molar-refractivity contribution in [1.29, 1.82) is 0 Å². The van der Waals surface area contributed by atoms with E-state index in [4.69, 9.17) is 10.2 Å². The molecule has 0 bridgehead atoms. The van der Waals surface area contributed by atoms with Crippen LogP contribution < -0.4 is 10.6 Å². The molecule has 0 fully saturated rings. The summed E-state index contributed by atoms with van der Waals surface area (Å²) in [6.07, 6.45) is 0.859. The molecular formula is C11H19N5O4. The summed E-state index contributed by atoms with van der Waals surface area (Å²) < 4.78 is 0. The van der Waals surface area contributed by atoms with Crippen LogP contribution in [0.1, 0.15) is 19.0 Å². The summed E-state index contributed by atoms with van der Waals surface area (Å²) in [5.41, 5.74) is -0.0559. The van der Waals surface area contributed by atoms with Gasteiger partial charge < -0.3 is 20.8 Å². The SMILES string of the molecule is CCCNc1nc(C)c([N+](=O)[O-])c(NC(CO)CO)n1. The van der Waals surface area contributed by atoms with E-state index in [1.807, 2.05) is 6.92 Å². The molecule has 1 rings (SSSR count). The smallest absolute Gasteiger partial charge is 0.332 e. The van der Waals surface area contributed by atoms with Crippen LogP contribution in [0.3, 0.4) is 0 Å². The van der Waals surface area contributed by atoms with Crippen LogP contribution in [-0.4, -0.2) is 50.9 Å². The molecule has 0 radical (unpaired) electrons. The van der Waals surface area contributed by atoms with E-state index < -0.39 is 11.0 Å². The molecule has 0 atom stereocenters. The van der Waals surface area contributed by atoms with E-state index in [0.29, 0.717) is 6.54 Å². The van der Waals surface area contributed by atoms with Gasteiger partial charge in [0.05, 0.1) is 24.2 Å². The molecule has 0 saturated carbocycles. The second-order valence-corrected chi connectivity index (χ2v) is 4.22. The summed E-state index contributed by atoms with van der Waals surface area (Å²) in [4.78, 5) is 18.5. The molecule has 0 aliphatic carbocycles. The first-order valence-corrected chi connectivity index (χ1v) is 6.28. The van der Waals surface area contributed by atoms with Crippen molar-refractivity contribution in [1.82, 2.24) is 9.97 Å². The van der Waals surface area contributed by atoms with Crippen LogP contribution >= 0.6 is 0 Å². The predicted octanol–water partition coefficient (Wildman–Crippen LogP) is 0.280. The minimum atomic E-state index is -0.720. The van der Waals surface area contributed by atoms with Crippen LogP contribution in [-0.2, 0) is 0 Å². The van der Waals surface area contributed by atoms with Gasteiger partial charge in [0, 0.05) is 6.54 Å².